The standard InChI is InChI=1S/C18H23N3O3/c1-13-3-5-15(11-19-13)18(22)20-12-16(17-6-4-14(2)24-17)21-7-9-23-10-8-21/h3-6,11,16H,7-10,12H2,1-2H3,(H,20,22)/t16-/m0/s1. The van der Waals surface area contributed by atoms with Gasteiger partial charge in [0.2, 0.25) is 0 Å². The van der Waals surface area contributed by atoms with Gasteiger partial charge in [-0.15, -0.1) is 0 Å². The van der Waals surface area contributed by atoms with E-state index in [1.165, 1.54) is 0 Å². The number of nitrogens with zero attached hydrogens (tertiary/aromatic N) is 2. The second-order valence-electron chi connectivity index (χ2n) is 6.01. The maximum absolute atomic E-state index is 12.4. The van der Waals surface area contributed by atoms with E-state index in [1.54, 1.807) is 12.3 Å². The van der Waals surface area contributed by atoms with Crippen LogP contribution in [0.5, 0.6) is 0 Å². The van der Waals surface area contributed by atoms with Crippen molar-refractivity contribution >= 4 is 5.91 Å². The first-order valence-electron chi connectivity index (χ1n) is 8.22. The van der Waals surface area contributed by atoms with Crippen molar-refractivity contribution in [2.24, 2.45) is 0 Å². The highest BCUT2D eigenvalue weighted by molar-refractivity contribution is 5.93. The fourth-order valence-electron chi connectivity index (χ4n) is 2.82. The van der Waals surface area contributed by atoms with Crippen molar-refractivity contribution in [1.82, 2.24) is 15.2 Å². The number of amides is 1. The number of hydrogen-bond donors (Lipinski definition) is 1. The van der Waals surface area contributed by atoms with Crippen molar-refractivity contribution in [2.45, 2.75) is 19.9 Å². The van der Waals surface area contributed by atoms with Gasteiger partial charge in [-0.25, -0.2) is 0 Å². The second kappa shape index (κ2) is 7.59. The molecule has 0 spiro atoms. The monoisotopic (exact) mass is 329 g/mol. The normalized spacial score (nSPS) is 16.8. The lowest BCUT2D eigenvalue weighted by Crippen LogP contribution is -2.43. The number of aryl methyl sites for hydroxylation is 2. The Morgan fingerprint density at radius 3 is 2.67 bits per heavy atom. The number of ether oxygens (including phenoxy) is 1. The molecule has 3 heterocycles. The highest BCUT2D eigenvalue weighted by Crippen LogP contribution is 2.23. The highest BCUT2D eigenvalue weighted by atomic mass is 16.5. The number of carbonyl (C=O) groups excluding carboxylic acids is 1. The van der Waals surface area contributed by atoms with Gasteiger partial charge in [0.25, 0.3) is 5.91 Å². The maximum atomic E-state index is 12.4. The lowest BCUT2D eigenvalue weighted by molar-refractivity contribution is 0.0117. The molecule has 6 heteroatoms. The predicted molar refractivity (Wildman–Crippen MR) is 89.9 cm³/mol. The molecule has 0 aliphatic carbocycles. The number of furan rings is 1. The van der Waals surface area contributed by atoms with Crippen LogP contribution in [0.1, 0.15) is 33.6 Å². The zero-order valence-electron chi connectivity index (χ0n) is 14.1. The van der Waals surface area contributed by atoms with Crippen molar-refractivity contribution < 1.29 is 13.9 Å². The van der Waals surface area contributed by atoms with Gasteiger partial charge in [-0.2, -0.15) is 0 Å². The minimum Gasteiger partial charge on any atom is -0.465 e. The summed E-state index contributed by atoms with van der Waals surface area (Å²) < 4.78 is 11.2. The molecule has 1 amide bonds. The van der Waals surface area contributed by atoms with Gasteiger partial charge >= 0.3 is 0 Å². The number of nitrogens with one attached hydrogen (secondary N) is 1. The molecule has 24 heavy (non-hydrogen) atoms. The Morgan fingerprint density at radius 2 is 2.04 bits per heavy atom. The zero-order valence-corrected chi connectivity index (χ0v) is 14.1. The molecule has 6 nitrogen and oxygen atoms in total. The SMILES string of the molecule is Cc1ccc(C(=O)NC[C@@H](c2ccc(C)o2)N2CCOCC2)cn1. The molecular formula is C18H23N3O3. The van der Waals surface area contributed by atoms with Crippen molar-refractivity contribution in [1.29, 1.82) is 0 Å². The molecule has 0 aromatic carbocycles. The van der Waals surface area contributed by atoms with Crippen LogP contribution in [0.2, 0.25) is 0 Å². The van der Waals surface area contributed by atoms with Crippen molar-refractivity contribution in [2.75, 3.05) is 32.8 Å². The molecule has 128 valence electrons. The summed E-state index contributed by atoms with van der Waals surface area (Å²) in [6.45, 7) is 7.36. The Morgan fingerprint density at radius 1 is 1.25 bits per heavy atom. The van der Waals surface area contributed by atoms with E-state index >= 15 is 0 Å². The topological polar surface area (TPSA) is 67.6 Å². The fourth-order valence-corrected chi connectivity index (χ4v) is 2.82. The molecule has 0 bridgehead atoms. The van der Waals surface area contributed by atoms with Crippen LogP contribution in [0, 0.1) is 13.8 Å². The van der Waals surface area contributed by atoms with E-state index in [4.69, 9.17) is 9.15 Å². The average molecular weight is 329 g/mol. The summed E-state index contributed by atoms with van der Waals surface area (Å²) in [5, 5.41) is 3.00. The van der Waals surface area contributed by atoms with Crippen molar-refractivity contribution in [3.05, 3.63) is 53.2 Å². The fraction of sp³-hybridized carbons (Fsp3) is 0.444. The molecule has 0 saturated carbocycles. The number of carbonyl (C=O) groups is 1. The molecule has 0 radical (unpaired) electrons. The highest BCUT2D eigenvalue weighted by Gasteiger charge is 2.25. The van der Waals surface area contributed by atoms with Crippen LogP contribution in [0.25, 0.3) is 0 Å². The Balaban J connectivity index is 1.69. The second-order valence-corrected chi connectivity index (χ2v) is 6.01. The number of morpholine rings is 1. The Hall–Kier alpha value is -2.18. The summed E-state index contributed by atoms with van der Waals surface area (Å²) in [6.07, 6.45) is 1.60. The summed E-state index contributed by atoms with van der Waals surface area (Å²) >= 11 is 0. The van der Waals surface area contributed by atoms with Crippen LogP contribution in [0.3, 0.4) is 0 Å². The van der Waals surface area contributed by atoms with Gasteiger partial charge in [0.1, 0.15) is 11.5 Å². The summed E-state index contributed by atoms with van der Waals surface area (Å²) in [7, 11) is 0. The van der Waals surface area contributed by atoms with E-state index in [1.807, 2.05) is 32.0 Å². The largest absolute Gasteiger partial charge is 0.465 e. The third-order valence-corrected chi connectivity index (χ3v) is 4.21. The molecule has 1 N–H and O–H groups in total. The number of pyridine rings is 1. The summed E-state index contributed by atoms with van der Waals surface area (Å²) in [5.74, 6) is 1.62. The van der Waals surface area contributed by atoms with E-state index in [-0.39, 0.29) is 11.9 Å². The van der Waals surface area contributed by atoms with Crippen molar-refractivity contribution in [3.8, 4) is 0 Å². The molecule has 1 atom stereocenters. The zero-order chi connectivity index (χ0) is 16.9. The Kier molecular flexibility index (Phi) is 5.27. The lowest BCUT2D eigenvalue weighted by Gasteiger charge is -2.33. The molecule has 2 aromatic rings. The number of aromatic nitrogens is 1. The van der Waals surface area contributed by atoms with Crippen LogP contribution >= 0.6 is 0 Å². The first kappa shape index (κ1) is 16.7. The quantitative estimate of drug-likeness (QED) is 0.910. The van der Waals surface area contributed by atoms with Gasteiger partial charge in [0, 0.05) is 31.5 Å². The molecule has 1 fully saturated rings. The minimum absolute atomic E-state index is 0.00459. The molecule has 1 saturated heterocycles. The minimum atomic E-state index is -0.121. The van der Waals surface area contributed by atoms with E-state index in [9.17, 15) is 4.79 Å². The van der Waals surface area contributed by atoms with Crippen LogP contribution < -0.4 is 5.32 Å². The molecule has 3 rings (SSSR count). The molecule has 0 unspecified atom stereocenters. The first-order valence-corrected chi connectivity index (χ1v) is 8.22. The average Bonchev–Trinajstić information content (AvgIpc) is 3.02. The summed E-state index contributed by atoms with van der Waals surface area (Å²) in [4.78, 5) is 18.8. The van der Waals surface area contributed by atoms with E-state index < -0.39 is 0 Å². The smallest absolute Gasteiger partial charge is 0.252 e. The van der Waals surface area contributed by atoms with Gasteiger partial charge in [-0.05, 0) is 38.1 Å². The van der Waals surface area contributed by atoms with Gasteiger partial charge in [0.05, 0.1) is 24.8 Å². The summed E-state index contributed by atoms with van der Waals surface area (Å²) in [5.41, 5.74) is 1.46. The Bertz CT molecular complexity index is 675. The molecule has 1 aliphatic rings. The van der Waals surface area contributed by atoms with Gasteiger partial charge in [0.15, 0.2) is 0 Å². The summed E-state index contributed by atoms with van der Waals surface area (Å²) in [6, 6.07) is 7.57. The van der Waals surface area contributed by atoms with Gasteiger partial charge in [-0.3, -0.25) is 14.7 Å². The molecule has 1 aliphatic heterocycles. The van der Waals surface area contributed by atoms with E-state index in [0.717, 1.165) is 30.3 Å². The van der Waals surface area contributed by atoms with E-state index in [2.05, 4.69) is 15.2 Å². The van der Waals surface area contributed by atoms with Crippen LogP contribution in [-0.2, 0) is 4.74 Å². The van der Waals surface area contributed by atoms with Crippen LogP contribution in [0.4, 0.5) is 0 Å². The van der Waals surface area contributed by atoms with Crippen LogP contribution in [-0.4, -0.2) is 48.6 Å². The third kappa shape index (κ3) is 4.01. The maximum Gasteiger partial charge on any atom is 0.252 e. The van der Waals surface area contributed by atoms with Gasteiger partial charge in [-0.1, -0.05) is 0 Å². The number of rotatable bonds is 5. The van der Waals surface area contributed by atoms with Crippen molar-refractivity contribution in [3.63, 3.8) is 0 Å². The lowest BCUT2D eigenvalue weighted by atomic mass is 10.1. The van der Waals surface area contributed by atoms with Crippen LogP contribution in [0.15, 0.2) is 34.9 Å². The van der Waals surface area contributed by atoms with Gasteiger partial charge < -0.3 is 14.5 Å². The molecule has 2 aromatic heterocycles. The predicted octanol–water partition coefficient (Wildman–Crippen LogP) is 2.09. The third-order valence-electron chi connectivity index (χ3n) is 4.21. The van der Waals surface area contributed by atoms with E-state index in [0.29, 0.717) is 25.3 Å². The first-order chi connectivity index (χ1) is 11.6. The number of hydrogen-bond acceptors (Lipinski definition) is 5. The molecular weight excluding hydrogens is 306 g/mol. The Labute approximate surface area is 141 Å².